The van der Waals surface area contributed by atoms with Crippen LogP contribution >= 0.6 is 0 Å². The van der Waals surface area contributed by atoms with Gasteiger partial charge >= 0.3 is 6.18 Å². The van der Waals surface area contributed by atoms with Gasteiger partial charge in [0.1, 0.15) is 0 Å². The van der Waals surface area contributed by atoms with Gasteiger partial charge in [-0.2, -0.15) is 13.2 Å². The molecule has 0 heterocycles. The third-order valence-corrected chi connectivity index (χ3v) is 5.53. The van der Waals surface area contributed by atoms with Crippen LogP contribution in [0.4, 0.5) is 13.2 Å². The molecule has 148 valence electrons. The van der Waals surface area contributed by atoms with E-state index in [4.69, 9.17) is 5.11 Å². The smallest absolute Gasteiger partial charge is 0.396 e. The Morgan fingerprint density at radius 1 is 0.926 bits per heavy atom. The molecule has 0 saturated carbocycles. The summed E-state index contributed by atoms with van der Waals surface area (Å²) in [6.07, 6.45) is -1.66. The Balaban J connectivity index is 1.92. The van der Waals surface area contributed by atoms with Crippen molar-refractivity contribution < 1.29 is 26.7 Å². The second-order valence-corrected chi connectivity index (χ2v) is 7.94. The van der Waals surface area contributed by atoms with Gasteiger partial charge in [0, 0.05) is 13.2 Å². The molecule has 0 saturated heterocycles. The normalized spacial score (nSPS) is 12.3. The molecular weight excluding hydrogens is 379 g/mol. The van der Waals surface area contributed by atoms with E-state index in [1.165, 1.54) is 0 Å². The minimum atomic E-state index is -4.59. The average Bonchev–Trinajstić information content (AvgIpc) is 2.62. The number of halogens is 3. The van der Waals surface area contributed by atoms with Crippen molar-refractivity contribution in [3.63, 3.8) is 0 Å². The Bertz CT molecular complexity index is 834. The van der Waals surface area contributed by atoms with Crippen LogP contribution in [0.25, 0.3) is 0 Å². The van der Waals surface area contributed by atoms with Crippen molar-refractivity contribution >= 4 is 10.0 Å². The first kappa shape index (κ1) is 21.4. The Hall–Kier alpha value is -1.90. The molecule has 4 nitrogen and oxygen atoms in total. The maximum Gasteiger partial charge on any atom is 0.416 e. The molecule has 27 heavy (non-hydrogen) atoms. The molecule has 0 aromatic heterocycles. The van der Waals surface area contributed by atoms with Gasteiger partial charge in [0.15, 0.2) is 0 Å². The van der Waals surface area contributed by atoms with Gasteiger partial charge in [-0.1, -0.05) is 30.3 Å². The molecular formula is C19H22F3NO3S. The van der Waals surface area contributed by atoms with Crippen molar-refractivity contribution in [3.05, 3.63) is 65.2 Å². The van der Waals surface area contributed by atoms with Gasteiger partial charge in [-0.05, 0) is 55.0 Å². The SMILES string of the molecule is O=S(=O)(NCCc1ccc(CCCCO)cc1)c1cccc(C(F)(F)F)c1. The molecule has 0 spiro atoms. The van der Waals surface area contributed by atoms with E-state index in [2.05, 4.69) is 4.72 Å². The van der Waals surface area contributed by atoms with Crippen molar-refractivity contribution in [2.24, 2.45) is 0 Å². The number of alkyl halides is 3. The van der Waals surface area contributed by atoms with E-state index >= 15 is 0 Å². The summed E-state index contributed by atoms with van der Waals surface area (Å²) >= 11 is 0. The number of aryl methyl sites for hydroxylation is 1. The molecule has 0 bridgehead atoms. The van der Waals surface area contributed by atoms with E-state index in [1.807, 2.05) is 24.3 Å². The van der Waals surface area contributed by atoms with Crippen LogP contribution in [0.2, 0.25) is 0 Å². The molecule has 2 aromatic carbocycles. The highest BCUT2D eigenvalue weighted by molar-refractivity contribution is 7.89. The molecule has 2 N–H and O–H groups in total. The van der Waals surface area contributed by atoms with Gasteiger partial charge in [0.2, 0.25) is 10.0 Å². The van der Waals surface area contributed by atoms with Crippen LogP contribution in [0.1, 0.15) is 29.5 Å². The first-order valence-corrected chi connectivity index (χ1v) is 10.1. The van der Waals surface area contributed by atoms with Crippen LogP contribution in [0.5, 0.6) is 0 Å². The summed E-state index contributed by atoms with van der Waals surface area (Å²) in [5.41, 5.74) is 1.06. The van der Waals surface area contributed by atoms with Gasteiger partial charge in [0.05, 0.1) is 10.5 Å². The monoisotopic (exact) mass is 401 g/mol. The number of sulfonamides is 1. The van der Waals surface area contributed by atoms with Gasteiger partial charge in [-0.15, -0.1) is 0 Å². The molecule has 0 unspecified atom stereocenters. The second-order valence-electron chi connectivity index (χ2n) is 6.17. The third kappa shape index (κ3) is 6.64. The lowest BCUT2D eigenvalue weighted by Crippen LogP contribution is -2.26. The first-order chi connectivity index (χ1) is 12.7. The summed E-state index contributed by atoms with van der Waals surface area (Å²) in [4.78, 5) is -0.406. The number of unbranched alkanes of at least 4 members (excludes halogenated alkanes) is 1. The van der Waals surface area contributed by atoms with Crippen molar-refractivity contribution in [1.29, 1.82) is 0 Å². The summed E-state index contributed by atoms with van der Waals surface area (Å²) in [5, 5.41) is 8.78. The van der Waals surface area contributed by atoms with Crippen molar-refractivity contribution in [3.8, 4) is 0 Å². The lowest BCUT2D eigenvalue weighted by atomic mass is 10.0. The maximum atomic E-state index is 12.7. The molecule has 0 fully saturated rings. The standard InChI is InChI=1S/C19H22F3NO3S/c20-19(21,22)17-5-3-6-18(14-17)27(25,26)23-12-11-16-9-7-15(8-10-16)4-1-2-13-24/h3,5-10,14,23-24H,1-2,4,11-13H2. The summed E-state index contributed by atoms with van der Waals surface area (Å²) in [5.74, 6) is 0. The molecule has 0 amide bonds. The number of hydrogen-bond donors (Lipinski definition) is 2. The molecule has 0 atom stereocenters. The summed E-state index contributed by atoms with van der Waals surface area (Å²) < 4.78 is 64.9. The van der Waals surface area contributed by atoms with Gasteiger partial charge < -0.3 is 5.11 Å². The van der Waals surface area contributed by atoms with Gasteiger partial charge in [-0.3, -0.25) is 0 Å². The molecule has 0 radical (unpaired) electrons. The molecule has 2 rings (SSSR count). The minimum Gasteiger partial charge on any atom is -0.396 e. The second kappa shape index (κ2) is 9.34. The number of aliphatic hydroxyl groups is 1. The summed E-state index contributed by atoms with van der Waals surface area (Å²) in [6, 6.07) is 11.4. The Kier molecular flexibility index (Phi) is 7.41. The van der Waals surface area contributed by atoms with Crippen molar-refractivity contribution in [2.45, 2.75) is 36.8 Å². The highest BCUT2D eigenvalue weighted by atomic mass is 32.2. The van der Waals surface area contributed by atoms with Crippen LogP contribution in [0.3, 0.4) is 0 Å². The van der Waals surface area contributed by atoms with Gasteiger partial charge in [0.25, 0.3) is 0 Å². The zero-order chi connectivity index (χ0) is 19.9. The van der Waals surface area contributed by atoms with Crippen LogP contribution < -0.4 is 4.72 Å². The summed E-state index contributed by atoms with van der Waals surface area (Å²) in [6.45, 7) is 0.256. The number of nitrogens with one attached hydrogen (secondary N) is 1. The Labute approximate surface area is 157 Å². The molecule has 8 heteroatoms. The van der Waals surface area contributed by atoms with E-state index in [1.54, 1.807) is 0 Å². The Morgan fingerprint density at radius 3 is 2.15 bits per heavy atom. The first-order valence-electron chi connectivity index (χ1n) is 8.58. The highest BCUT2D eigenvalue weighted by Gasteiger charge is 2.31. The zero-order valence-electron chi connectivity index (χ0n) is 14.7. The van der Waals surface area contributed by atoms with Gasteiger partial charge in [-0.25, -0.2) is 13.1 Å². The number of rotatable bonds is 9. The van der Waals surface area contributed by atoms with E-state index in [-0.39, 0.29) is 13.2 Å². The topological polar surface area (TPSA) is 66.4 Å². The number of aliphatic hydroxyl groups excluding tert-OH is 1. The van der Waals surface area contributed by atoms with Crippen LogP contribution in [-0.4, -0.2) is 26.7 Å². The van der Waals surface area contributed by atoms with Crippen LogP contribution in [0.15, 0.2) is 53.4 Å². The average molecular weight is 401 g/mol. The maximum absolute atomic E-state index is 12.7. The number of hydrogen-bond acceptors (Lipinski definition) is 3. The summed E-state index contributed by atoms with van der Waals surface area (Å²) in [7, 11) is -4.01. The highest BCUT2D eigenvalue weighted by Crippen LogP contribution is 2.30. The molecule has 2 aromatic rings. The van der Waals surface area contributed by atoms with E-state index in [9.17, 15) is 21.6 Å². The van der Waals surface area contributed by atoms with E-state index in [0.717, 1.165) is 48.6 Å². The van der Waals surface area contributed by atoms with E-state index in [0.29, 0.717) is 12.5 Å². The molecule has 0 aliphatic carbocycles. The minimum absolute atomic E-state index is 0.0858. The van der Waals surface area contributed by atoms with Crippen LogP contribution in [-0.2, 0) is 29.0 Å². The van der Waals surface area contributed by atoms with E-state index < -0.39 is 26.7 Å². The predicted molar refractivity (Wildman–Crippen MR) is 96.8 cm³/mol. The fraction of sp³-hybridized carbons (Fsp3) is 0.368. The Morgan fingerprint density at radius 2 is 1.56 bits per heavy atom. The van der Waals surface area contributed by atoms with Crippen molar-refractivity contribution in [2.75, 3.05) is 13.2 Å². The largest absolute Gasteiger partial charge is 0.416 e. The van der Waals surface area contributed by atoms with Crippen LogP contribution in [0, 0.1) is 0 Å². The lowest BCUT2D eigenvalue weighted by Gasteiger charge is -2.10. The zero-order valence-corrected chi connectivity index (χ0v) is 15.5. The third-order valence-electron chi connectivity index (χ3n) is 4.07. The quantitative estimate of drug-likeness (QED) is 0.632. The number of benzene rings is 2. The predicted octanol–water partition coefficient (Wildman–Crippen LogP) is 3.54. The molecule has 0 aliphatic heterocycles. The lowest BCUT2D eigenvalue weighted by molar-refractivity contribution is -0.137. The fourth-order valence-corrected chi connectivity index (χ4v) is 3.64. The fourth-order valence-electron chi connectivity index (χ4n) is 2.57. The van der Waals surface area contributed by atoms with Crippen molar-refractivity contribution in [1.82, 2.24) is 4.72 Å². The molecule has 0 aliphatic rings.